The van der Waals surface area contributed by atoms with Crippen LogP contribution in [0.5, 0.6) is 0 Å². The van der Waals surface area contributed by atoms with Crippen LogP contribution in [-0.2, 0) is 6.54 Å². The van der Waals surface area contributed by atoms with Crippen molar-refractivity contribution in [2.24, 2.45) is 0 Å². The van der Waals surface area contributed by atoms with Gasteiger partial charge in [-0.15, -0.1) is 0 Å². The van der Waals surface area contributed by atoms with Crippen LogP contribution in [0.4, 0.5) is 5.95 Å². The lowest BCUT2D eigenvalue weighted by molar-refractivity contribution is 0.121. The lowest BCUT2D eigenvalue weighted by Crippen LogP contribution is -2.26. The van der Waals surface area contributed by atoms with E-state index in [-0.39, 0.29) is 30.2 Å². The number of hydrogen-bond acceptors (Lipinski definition) is 7. The summed E-state index contributed by atoms with van der Waals surface area (Å²) in [4.78, 5) is 25.6. The summed E-state index contributed by atoms with van der Waals surface area (Å²) in [7, 11) is 0. The first-order valence-corrected chi connectivity index (χ1v) is 8.80. The number of fused-ring (bicyclic) bond motifs is 1. The van der Waals surface area contributed by atoms with Gasteiger partial charge in [0.05, 0.1) is 22.8 Å². The van der Waals surface area contributed by atoms with Crippen LogP contribution in [0.25, 0.3) is 22.4 Å². The molecule has 142 valence electrons. The van der Waals surface area contributed by atoms with Crippen LogP contribution < -0.4 is 11.3 Å². The molecule has 0 fully saturated rings. The van der Waals surface area contributed by atoms with E-state index < -0.39 is 6.10 Å². The Balaban J connectivity index is 2.19. The van der Waals surface area contributed by atoms with E-state index in [9.17, 15) is 9.90 Å². The Morgan fingerprint density at radius 1 is 1.19 bits per heavy atom. The maximum atomic E-state index is 13.1. The highest BCUT2D eigenvalue weighted by Gasteiger charge is 2.16. The number of aromatic nitrogens is 4. The number of nitrogen functional groups attached to an aromatic ring is 1. The van der Waals surface area contributed by atoms with Gasteiger partial charge in [0, 0.05) is 19.3 Å². The van der Waals surface area contributed by atoms with Gasteiger partial charge in [0.2, 0.25) is 5.95 Å². The molecule has 0 aliphatic rings. The molecule has 0 aliphatic heterocycles. The smallest absolute Gasteiger partial charge is 0.279 e. The molecule has 0 radical (unpaired) electrons. The molecule has 8 nitrogen and oxygen atoms in total. The van der Waals surface area contributed by atoms with Gasteiger partial charge < -0.3 is 20.5 Å². The predicted octanol–water partition coefficient (Wildman–Crippen LogP) is 1.19. The molecule has 1 atom stereocenters. The van der Waals surface area contributed by atoms with Crippen molar-refractivity contribution in [3.63, 3.8) is 0 Å². The fourth-order valence-electron chi connectivity index (χ4n) is 2.96. The molecule has 0 aliphatic carbocycles. The zero-order chi connectivity index (χ0) is 19.6. The molecular weight excluding hydrogens is 346 g/mol. The number of aliphatic hydroxyl groups excluding tert-OH is 2. The molecule has 3 rings (SSSR count). The van der Waals surface area contributed by atoms with E-state index in [0.29, 0.717) is 29.7 Å². The maximum Gasteiger partial charge on any atom is 0.279 e. The molecule has 0 saturated carbocycles. The van der Waals surface area contributed by atoms with Crippen LogP contribution in [0, 0.1) is 13.8 Å². The van der Waals surface area contributed by atoms with Crippen molar-refractivity contribution in [2.45, 2.75) is 39.3 Å². The van der Waals surface area contributed by atoms with Gasteiger partial charge in [0.1, 0.15) is 0 Å². The van der Waals surface area contributed by atoms with Crippen LogP contribution in [0.3, 0.4) is 0 Å². The van der Waals surface area contributed by atoms with Crippen molar-refractivity contribution >= 4 is 17.0 Å². The number of aliphatic hydroxyl groups is 2. The molecule has 1 aromatic carbocycles. The van der Waals surface area contributed by atoms with Crippen molar-refractivity contribution in [3.05, 3.63) is 45.9 Å². The van der Waals surface area contributed by atoms with Gasteiger partial charge in [-0.3, -0.25) is 4.79 Å². The van der Waals surface area contributed by atoms with Gasteiger partial charge in [0.15, 0.2) is 5.69 Å². The van der Waals surface area contributed by atoms with Crippen LogP contribution in [-0.4, -0.2) is 42.4 Å². The summed E-state index contributed by atoms with van der Waals surface area (Å²) in [5.74, 6) is 0.0683. The third-order valence-electron chi connectivity index (χ3n) is 4.63. The highest BCUT2D eigenvalue weighted by molar-refractivity contribution is 5.79. The molecule has 0 bridgehead atoms. The first-order chi connectivity index (χ1) is 12.9. The minimum absolute atomic E-state index is 0.0683. The molecule has 2 aromatic heterocycles. The fraction of sp³-hybridized carbons (Fsp3) is 0.368. The normalized spacial score (nSPS) is 12.4. The molecule has 0 saturated heterocycles. The summed E-state index contributed by atoms with van der Waals surface area (Å²) in [5, 5.41) is 18.9. The highest BCUT2D eigenvalue weighted by atomic mass is 16.3. The average Bonchev–Trinajstić information content (AvgIpc) is 2.62. The van der Waals surface area contributed by atoms with E-state index in [2.05, 4.69) is 15.0 Å². The maximum absolute atomic E-state index is 13.1. The molecule has 0 amide bonds. The quantitative estimate of drug-likeness (QED) is 0.595. The minimum atomic E-state index is -0.685. The van der Waals surface area contributed by atoms with Gasteiger partial charge in [0.25, 0.3) is 5.56 Å². The van der Waals surface area contributed by atoms with E-state index in [4.69, 9.17) is 10.8 Å². The van der Waals surface area contributed by atoms with E-state index in [1.165, 1.54) is 6.20 Å². The van der Waals surface area contributed by atoms with E-state index in [0.717, 1.165) is 11.1 Å². The van der Waals surface area contributed by atoms with Crippen LogP contribution in [0.1, 0.15) is 24.0 Å². The first-order valence-electron chi connectivity index (χ1n) is 8.80. The lowest BCUT2D eigenvalue weighted by Gasteiger charge is -2.15. The molecule has 4 N–H and O–H groups in total. The summed E-state index contributed by atoms with van der Waals surface area (Å²) in [6.45, 7) is 4.16. The number of benzene rings is 1. The van der Waals surface area contributed by atoms with Gasteiger partial charge >= 0.3 is 0 Å². The molecule has 8 heteroatoms. The Kier molecular flexibility index (Phi) is 5.48. The molecule has 3 aromatic rings. The van der Waals surface area contributed by atoms with Crippen molar-refractivity contribution in [2.75, 3.05) is 12.3 Å². The molecule has 0 spiro atoms. The van der Waals surface area contributed by atoms with Crippen LogP contribution in [0.15, 0.2) is 29.2 Å². The Labute approximate surface area is 156 Å². The van der Waals surface area contributed by atoms with Crippen LogP contribution in [0.2, 0.25) is 0 Å². The van der Waals surface area contributed by atoms with Crippen molar-refractivity contribution in [1.82, 2.24) is 19.5 Å². The summed E-state index contributed by atoms with van der Waals surface area (Å²) in [5.41, 5.74) is 9.38. The number of rotatable bonds is 6. The monoisotopic (exact) mass is 369 g/mol. The second kappa shape index (κ2) is 7.81. The van der Waals surface area contributed by atoms with Crippen molar-refractivity contribution < 1.29 is 10.2 Å². The van der Waals surface area contributed by atoms with Gasteiger partial charge in [-0.05, 0) is 56.0 Å². The summed E-state index contributed by atoms with van der Waals surface area (Å²) in [6.07, 6.45) is 1.41. The Bertz CT molecular complexity index is 1030. The third-order valence-corrected chi connectivity index (χ3v) is 4.63. The van der Waals surface area contributed by atoms with Crippen molar-refractivity contribution in [1.29, 1.82) is 0 Å². The number of aryl methyl sites for hydroxylation is 3. The molecular formula is C19H23N5O3. The van der Waals surface area contributed by atoms with E-state index in [1.54, 1.807) is 10.6 Å². The topological polar surface area (TPSA) is 127 Å². The second-order valence-electron chi connectivity index (χ2n) is 6.60. The zero-order valence-corrected chi connectivity index (χ0v) is 15.4. The van der Waals surface area contributed by atoms with E-state index >= 15 is 0 Å². The number of anilines is 1. The molecule has 2 heterocycles. The number of hydrogen-bond donors (Lipinski definition) is 3. The minimum Gasteiger partial charge on any atom is -0.396 e. The Hall–Kier alpha value is -2.84. The largest absolute Gasteiger partial charge is 0.396 e. The summed E-state index contributed by atoms with van der Waals surface area (Å²) < 4.78 is 1.60. The SMILES string of the molecule is Cc1cc2nc(-c3ccnc(N)n3)c(=O)n(CCC(O)CCO)c2cc1C. The van der Waals surface area contributed by atoms with Gasteiger partial charge in [-0.25, -0.2) is 15.0 Å². The predicted molar refractivity (Wildman–Crippen MR) is 103 cm³/mol. The lowest BCUT2D eigenvalue weighted by atomic mass is 10.1. The average molecular weight is 369 g/mol. The third kappa shape index (κ3) is 3.96. The zero-order valence-electron chi connectivity index (χ0n) is 15.4. The summed E-state index contributed by atoms with van der Waals surface area (Å²) in [6, 6.07) is 5.45. The number of nitrogens with zero attached hydrogens (tertiary/aromatic N) is 4. The van der Waals surface area contributed by atoms with Gasteiger partial charge in [-0.1, -0.05) is 0 Å². The van der Waals surface area contributed by atoms with E-state index in [1.807, 2.05) is 26.0 Å². The standard InChI is InChI=1S/C19H23N5O3/c1-11-9-15-16(10-12(11)2)24(7-4-13(26)5-8-25)18(27)17(22-15)14-3-6-21-19(20)23-14/h3,6,9-10,13,25-26H,4-5,7-8H2,1-2H3,(H2,20,21,23). The van der Waals surface area contributed by atoms with Gasteiger partial charge in [-0.2, -0.15) is 0 Å². The molecule has 27 heavy (non-hydrogen) atoms. The Morgan fingerprint density at radius 3 is 2.63 bits per heavy atom. The highest BCUT2D eigenvalue weighted by Crippen LogP contribution is 2.20. The number of nitrogens with two attached hydrogens (primary N) is 1. The first kappa shape index (κ1) is 18.9. The fourth-order valence-corrected chi connectivity index (χ4v) is 2.96. The summed E-state index contributed by atoms with van der Waals surface area (Å²) >= 11 is 0. The molecule has 1 unspecified atom stereocenters. The van der Waals surface area contributed by atoms with Crippen molar-refractivity contribution in [3.8, 4) is 11.4 Å². The Morgan fingerprint density at radius 2 is 1.93 bits per heavy atom. The second-order valence-corrected chi connectivity index (χ2v) is 6.60. The van der Waals surface area contributed by atoms with Crippen LogP contribution >= 0.6 is 0 Å².